The standard InChI is InChI=1S/C29H25FN4O3/c1-34(2)23-13-10-19(11-14-23)16-26(32-28(36)21-7-5-8-22(30)17-21)29(37)33-31-18-25-24-9-4-3-6-20(24)12-15-27(25)35/h3-18,35H,1-2H3,(H,32,36)(H,33,37)/b26-16-,31-18+. The van der Waals surface area contributed by atoms with Gasteiger partial charge < -0.3 is 15.3 Å². The SMILES string of the molecule is CN(C)c1ccc(/C=C(\NC(=O)c2cccc(F)c2)C(=O)N/N=C/c2c(O)ccc3ccccc23)cc1. The largest absolute Gasteiger partial charge is 0.507 e. The number of hydrogen-bond acceptors (Lipinski definition) is 5. The molecular weight excluding hydrogens is 471 g/mol. The molecule has 4 aromatic carbocycles. The number of hydrazone groups is 1. The van der Waals surface area contributed by atoms with Crippen molar-refractivity contribution in [3.05, 3.63) is 113 Å². The molecule has 37 heavy (non-hydrogen) atoms. The number of rotatable bonds is 7. The van der Waals surface area contributed by atoms with Crippen molar-refractivity contribution in [3.8, 4) is 5.75 Å². The third kappa shape index (κ3) is 6.18. The van der Waals surface area contributed by atoms with E-state index in [0.717, 1.165) is 22.5 Å². The van der Waals surface area contributed by atoms with Crippen molar-refractivity contribution in [1.82, 2.24) is 10.7 Å². The number of fused-ring (bicyclic) bond motifs is 1. The summed E-state index contributed by atoms with van der Waals surface area (Å²) in [4.78, 5) is 27.7. The number of carbonyl (C=O) groups excluding carboxylic acids is 2. The van der Waals surface area contributed by atoms with Gasteiger partial charge in [-0.2, -0.15) is 5.10 Å². The lowest BCUT2D eigenvalue weighted by molar-refractivity contribution is -0.117. The van der Waals surface area contributed by atoms with Gasteiger partial charge in [-0.15, -0.1) is 0 Å². The molecule has 0 saturated heterocycles. The second kappa shape index (κ2) is 11.2. The number of phenols is 1. The van der Waals surface area contributed by atoms with Gasteiger partial charge in [0.15, 0.2) is 0 Å². The minimum Gasteiger partial charge on any atom is -0.507 e. The van der Waals surface area contributed by atoms with Gasteiger partial charge in [-0.3, -0.25) is 9.59 Å². The van der Waals surface area contributed by atoms with E-state index in [9.17, 15) is 19.1 Å². The highest BCUT2D eigenvalue weighted by atomic mass is 19.1. The fraction of sp³-hybridized carbons (Fsp3) is 0.0690. The highest BCUT2D eigenvalue weighted by Crippen LogP contribution is 2.25. The Morgan fingerprint density at radius 2 is 1.70 bits per heavy atom. The number of hydrogen-bond donors (Lipinski definition) is 3. The van der Waals surface area contributed by atoms with E-state index in [1.807, 2.05) is 55.4 Å². The summed E-state index contributed by atoms with van der Waals surface area (Å²) in [7, 11) is 3.82. The number of carbonyl (C=O) groups is 2. The lowest BCUT2D eigenvalue weighted by Gasteiger charge is -2.13. The number of nitrogens with zero attached hydrogens (tertiary/aromatic N) is 2. The molecule has 4 rings (SSSR count). The van der Waals surface area contributed by atoms with Crippen molar-refractivity contribution in [2.24, 2.45) is 5.10 Å². The quantitative estimate of drug-likeness (QED) is 0.197. The van der Waals surface area contributed by atoms with Gasteiger partial charge in [0.05, 0.1) is 6.21 Å². The Labute approximate surface area is 213 Å². The molecular formula is C29H25FN4O3. The van der Waals surface area contributed by atoms with Crippen LogP contribution in [0, 0.1) is 5.82 Å². The summed E-state index contributed by atoms with van der Waals surface area (Å²) in [5.74, 6) is -1.91. The van der Waals surface area contributed by atoms with Crippen molar-refractivity contribution < 1.29 is 19.1 Å². The zero-order valence-corrected chi connectivity index (χ0v) is 20.3. The molecule has 0 spiro atoms. The Bertz CT molecular complexity index is 1510. The smallest absolute Gasteiger partial charge is 0.287 e. The summed E-state index contributed by atoms with van der Waals surface area (Å²) >= 11 is 0. The summed E-state index contributed by atoms with van der Waals surface area (Å²) in [6.45, 7) is 0. The van der Waals surface area contributed by atoms with Crippen LogP contribution < -0.4 is 15.6 Å². The Hall–Kier alpha value is -4.98. The highest BCUT2D eigenvalue weighted by Gasteiger charge is 2.15. The van der Waals surface area contributed by atoms with Crippen molar-refractivity contribution in [1.29, 1.82) is 0 Å². The molecule has 0 saturated carbocycles. The molecule has 0 aliphatic rings. The van der Waals surface area contributed by atoms with E-state index in [1.165, 1.54) is 30.5 Å². The number of aromatic hydroxyl groups is 1. The maximum atomic E-state index is 13.6. The van der Waals surface area contributed by atoms with Crippen molar-refractivity contribution in [3.63, 3.8) is 0 Å². The van der Waals surface area contributed by atoms with Crippen LogP contribution in [0.4, 0.5) is 10.1 Å². The molecule has 0 atom stereocenters. The summed E-state index contributed by atoms with van der Waals surface area (Å²) in [6, 6.07) is 23.3. The number of anilines is 1. The second-order valence-corrected chi connectivity index (χ2v) is 8.43. The van der Waals surface area contributed by atoms with Crippen LogP contribution in [-0.2, 0) is 4.79 Å². The minimum absolute atomic E-state index is 0.00727. The minimum atomic E-state index is -0.697. The fourth-order valence-corrected chi connectivity index (χ4v) is 3.65. The van der Waals surface area contributed by atoms with E-state index in [4.69, 9.17) is 0 Å². The van der Waals surface area contributed by atoms with E-state index < -0.39 is 17.6 Å². The molecule has 0 aliphatic heterocycles. The Kier molecular flexibility index (Phi) is 7.59. The summed E-state index contributed by atoms with van der Waals surface area (Å²) in [5.41, 5.74) is 4.42. The van der Waals surface area contributed by atoms with Crippen LogP contribution in [0.15, 0.2) is 95.7 Å². The molecule has 0 fully saturated rings. The Morgan fingerprint density at radius 3 is 2.43 bits per heavy atom. The second-order valence-electron chi connectivity index (χ2n) is 8.43. The lowest BCUT2D eigenvalue weighted by Crippen LogP contribution is -2.32. The van der Waals surface area contributed by atoms with Gasteiger partial charge in [0.2, 0.25) is 0 Å². The zero-order valence-electron chi connectivity index (χ0n) is 20.3. The number of phenolic OH excluding ortho intramolecular Hbond substituents is 1. The normalized spacial score (nSPS) is 11.5. The first-order valence-corrected chi connectivity index (χ1v) is 11.4. The average molecular weight is 497 g/mol. The van der Waals surface area contributed by atoms with Crippen LogP contribution >= 0.6 is 0 Å². The summed E-state index contributed by atoms with van der Waals surface area (Å²) in [6.07, 6.45) is 2.84. The number of nitrogens with one attached hydrogen (secondary N) is 2. The molecule has 186 valence electrons. The first kappa shape index (κ1) is 25.1. The molecule has 3 N–H and O–H groups in total. The first-order valence-electron chi connectivity index (χ1n) is 11.4. The van der Waals surface area contributed by atoms with Crippen LogP contribution in [0.5, 0.6) is 5.75 Å². The third-order valence-corrected chi connectivity index (χ3v) is 5.61. The van der Waals surface area contributed by atoms with Crippen LogP contribution in [0.1, 0.15) is 21.5 Å². The van der Waals surface area contributed by atoms with Crippen molar-refractivity contribution >= 4 is 40.6 Å². The number of benzene rings is 4. The lowest BCUT2D eigenvalue weighted by atomic mass is 10.0. The summed E-state index contributed by atoms with van der Waals surface area (Å²) in [5, 5.41) is 18.5. The van der Waals surface area contributed by atoms with Crippen LogP contribution in [0.2, 0.25) is 0 Å². The maximum absolute atomic E-state index is 13.6. The van der Waals surface area contributed by atoms with Gasteiger partial charge in [0.1, 0.15) is 17.3 Å². The van der Waals surface area contributed by atoms with Crippen molar-refractivity contribution in [2.45, 2.75) is 0 Å². The molecule has 2 amide bonds. The monoisotopic (exact) mass is 496 g/mol. The molecule has 4 aromatic rings. The Balaban J connectivity index is 1.60. The summed E-state index contributed by atoms with van der Waals surface area (Å²) < 4.78 is 13.6. The third-order valence-electron chi connectivity index (χ3n) is 5.61. The maximum Gasteiger partial charge on any atom is 0.287 e. The highest BCUT2D eigenvalue weighted by molar-refractivity contribution is 6.06. The molecule has 0 radical (unpaired) electrons. The predicted octanol–water partition coefficient (Wildman–Crippen LogP) is 4.67. The van der Waals surface area contributed by atoms with Crippen LogP contribution in [-0.4, -0.2) is 37.2 Å². The van der Waals surface area contributed by atoms with E-state index in [2.05, 4.69) is 15.8 Å². The van der Waals surface area contributed by atoms with Gasteiger partial charge in [-0.05, 0) is 58.8 Å². The van der Waals surface area contributed by atoms with Gasteiger partial charge in [-0.25, -0.2) is 9.82 Å². The molecule has 0 unspecified atom stereocenters. The average Bonchev–Trinajstić information content (AvgIpc) is 2.89. The van der Waals surface area contributed by atoms with Gasteiger partial charge >= 0.3 is 0 Å². The van der Waals surface area contributed by atoms with Gasteiger partial charge in [-0.1, -0.05) is 48.5 Å². The van der Waals surface area contributed by atoms with E-state index in [0.29, 0.717) is 11.1 Å². The van der Waals surface area contributed by atoms with E-state index in [1.54, 1.807) is 24.3 Å². The fourth-order valence-electron chi connectivity index (χ4n) is 3.65. The molecule has 8 heteroatoms. The molecule has 0 heterocycles. The molecule has 0 aromatic heterocycles. The molecule has 7 nitrogen and oxygen atoms in total. The first-order chi connectivity index (χ1) is 17.8. The zero-order chi connectivity index (χ0) is 26.4. The number of amides is 2. The topological polar surface area (TPSA) is 94.0 Å². The van der Waals surface area contributed by atoms with Crippen molar-refractivity contribution in [2.75, 3.05) is 19.0 Å². The van der Waals surface area contributed by atoms with Gasteiger partial charge in [0, 0.05) is 30.9 Å². The molecule has 0 aliphatic carbocycles. The Morgan fingerprint density at radius 1 is 0.946 bits per heavy atom. The van der Waals surface area contributed by atoms with E-state index in [-0.39, 0.29) is 17.0 Å². The van der Waals surface area contributed by atoms with Crippen LogP contribution in [0.3, 0.4) is 0 Å². The molecule has 0 bridgehead atoms. The number of halogens is 1. The van der Waals surface area contributed by atoms with Crippen LogP contribution in [0.25, 0.3) is 16.8 Å². The van der Waals surface area contributed by atoms with E-state index >= 15 is 0 Å². The van der Waals surface area contributed by atoms with Gasteiger partial charge in [0.25, 0.3) is 11.8 Å². The predicted molar refractivity (Wildman–Crippen MR) is 144 cm³/mol.